The van der Waals surface area contributed by atoms with E-state index in [9.17, 15) is 9.59 Å². The van der Waals surface area contributed by atoms with Crippen LogP contribution >= 0.6 is 24.0 Å². The van der Waals surface area contributed by atoms with Gasteiger partial charge in [-0.15, -0.1) is 24.0 Å². The van der Waals surface area contributed by atoms with Gasteiger partial charge in [0.2, 0.25) is 5.91 Å². The van der Waals surface area contributed by atoms with E-state index in [1.165, 1.54) is 4.90 Å². The maximum Gasteiger partial charge on any atom is 0.324 e. The molecule has 0 saturated carbocycles. The molecule has 0 aliphatic carbocycles. The largest absolute Gasteiger partial charge is 0.383 e. The number of methoxy groups -OCH3 is 1. The van der Waals surface area contributed by atoms with Crippen LogP contribution in [-0.2, 0) is 9.53 Å². The molecule has 21 heavy (non-hydrogen) atoms. The second-order valence-corrected chi connectivity index (χ2v) is 4.47. The van der Waals surface area contributed by atoms with E-state index in [1.807, 2.05) is 13.8 Å². The number of nitrogens with one attached hydrogen (secondary N) is 3. The molecule has 0 bridgehead atoms. The molecule has 0 aromatic carbocycles. The molecule has 1 saturated heterocycles. The van der Waals surface area contributed by atoms with Crippen LogP contribution in [0.3, 0.4) is 0 Å². The number of rotatable bonds is 7. The van der Waals surface area contributed by atoms with E-state index >= 15 is 0 Å². The van der Waals surface area contributed by atoms with Gasteiger partial charge in [-0.1, -0.05) is 0 Å². The number of ether oxygens (including phenoxy) is 1. The molecule has 0 aromatic rings. The molecule has 3 amide bonds. The van der Waals surface area contributed by atoms with Gasteiger partial charge < -0.3 is 20.7 Å². The van der Waals surface area contributed by atoms with Crippen LogP contribution in [0, 0.1) is 0 Å². The van der Waals surface area contributed by atoms with Crippen molar-refractivity contribution in [2.45, 2.75) is 19.9 Å². The van der Waals surface area contributed by atoms with Gasteiger partial charge in [-0.05, 0) is 13.8 Å². The molecule has 0 aromatic heterocycles. The minimum atomic E-state index is -0.351. The number of carbonyl (C=O) groups excluding carboxylic acids is 2. The normalized spacial score (nSPS) is 16.3. The Balaban J connectivity index is 0.00000400. The molecule has 0 radical (unpaired) electrons. The first-order chi connectivity index (χ1) is 9.58. The molecular weight excluding hydrogens is 389 g/mol. The SMILES string of the molecule is CCNC(=NCCN1C(=O)CNC1=O)NC(C)COC.I. The van der Waals surface area contributed by atoms with Gasteiger partial charge in [0.15, 0.2) is 5.96 Å². The van der Waals surface area contributed by atoms with Crippen LogP contribution < -0.4 is 16.0 Å². The lowest BCUT2D eigenvalue weighted by Gasteiger charge is -2.17. The van der Waals surface area contributed by atoms with Crippen molar-refractivity contribution in [3.05, 3.63) is 0 Å². The number of hydrogen-bond acceptors (Lipinski definition) is 4. The molecule has 1 atom stereocenters. The van der Waals surface area contributed by atoms with Crippen LogP contribution in [0.25, 0.3) is 0 Å². The predicted octanol–water partition coefficient (Wildman–Crippen LogP) is -0.254. The van der Waals surface area contributed by atoms with Crippen LogP contribution in [0.4, 0.5) is 4.79 Å². The first kappa shape index (κ1) is 19.9. The van der Waals surface area contributed by atoms with Gasteiger partial charge in [-0.2, -0.15) is 0 Å². The Bertz CT molecular complexity index is 362. The molecule has 1 rings (SSSR count). The van der Waals surface area contributed by atoms with E-state index in [1.54, 1.807) is 7.11 Å². The van der Waals surface area contributed by atoms with Crippen molar-refractivity contribution in [2.75, 3.05) is 39.9 Å². The van der Waals surface area contributed by atoms with Gasteiger partial charge in [0.25, 0.3) is 0 Å². The van der Waals surface area contributed by atoms with Gasteiger partial charge >= 0.3 is 6.03 Å². The van der Waals surface area contributed by atoms with Crippen LogP contribution in [0.1, 0.15) is 13.8 Å². The lowest BCUT2D eigenvalue weighted by Crippen LogP contribution is -2.44. The van der Waals surface area contributed by atoms with Gasteiger partial charge in [0.05, 0.1) is 26.2 Å². The highest BCUT2D eigenvalue weighted by atomic mass is 127. The number of aliphatic imine (C=N–C) groups is 1. The minimum absolute atomic E-state index is 0. The Morgan fingerprint density at radius 1 is 1.52 bits per heavy atom. The van der Waals surface area contributed by atoms with E-state index in [4.69, 9.17) is 4.74 Å². The molecular formula is C12H24IN5O3. The quantitative estimate of drug-likeness (QED) is 0.232. The van der Waals surface area contributed by atoms with Crippen LogP contribution in [-0.4, -0.2) is 68.7 Å². The number of hydrogen-bond donors (Lipinski definition) is 3. The molecule has 1 fully saturated rings. The summed E-state index contributed by atoms with van der Waals surface area (Å²) in [7, 11) is 1.64. The fourth-order valence-corrected chi connectivity index (χ4v) is 1.79. The summed E-state index contributed by atoms with van der Waals surface area (Å²) in [5.41, 5.74) is 0. The summed E-state index contributed by atoms with van der Waals surface area (Å²) in [4.78, 5) is 28.2. The number of guanidine groups is 1. The van der Waals surface area contributed by atoms with Gasteiger partial charge in [-0.25, -0.2) is 4.79 Å². The Labute approximate surface area is 142 Å². The van der Waals surface area contributed by atoms with E-state index in [0.29, 0.717) is 19.1 Å². The monoisotopic (exact) mass is 413 g/mol. The Kier molecular flexibility index (Phi) is 10.0. The van der Waals surface area contributed by atoms with E-state index in [2.05, 4.69) is 20.9 Å². The van der Waals surface area contributed by atoms with Crippen molar-refractivity contribution in [1.82, 2.24) is 20.9 Å². The second-order valence-electron chi connectivity index (χ2n) is 4.47. The lowest BCUT2D eigenvalue weighted by molar-refractivity contribution is -0.124. The third-order valence-corrected chi connectivity index (χ3v) is 2.67. The zero-order valence-corrected chi connectivity index (χ0v) is 15.0. The first-order valence-electron chi connectivity index (χ1n) is 6.70. The third kappa shape index (κ3) is 6.93. The summed E-state index contributed by atoms with van der Waals surface area (Å²) in [6.07, 6.45) is 0. The summed E-state index contributed by atoms with van der Waals surface area (Å²) in [5, 5.41) is 8.75. The molecule has 1 heterocycles. The number of nitrogens with zero attached hydrogens (tertiary/aromatic N) is 2. The molecule has 3 N–H and O–H groups in total. The molecule has 0 spiro atoms. The smallest absolute Gasteiger partial charge is 0.324 e. The first-order valence-corrected chi connectivity index (χ1v) is 6.70. The molecule has 1 aliphatic rings. The molecule has 1 unspecified atom stereocenters. The fraction of sp³-hybridized carbons (Fsp3) is 0.750. The molecule has 1 aliphatic heterocycles. The summed E-state index contributed by atoms with van der Waals surface area (Å²) in [6, 6.07) is -0.231. The number of urea groups is 1. The highest BCUT2D eigenvalue weighted by Crippen LogP contribution is 1.98. The van der Waals surface area contributed by atoms with Crippen molar-refractivity contribution >= 4 is 41.9 Å². The zero-order valence-electron chi connectivity index (χ0n) is 12.6. The van der Waals surface area contributed by atoms with Crippen molar-refractivity contribution < 1.29 is 14.3 Å². The second kappa shape index (κ2) is 10.6. The molecule has 8 nitrogen and oxygen atoms in total. The highest BCUT2D eigenvalue weighted by molar-refractivity contribution is 14.0. The van der Waals surface area contributed by atoms with Crippen LogP contribution in [0.2, 0.25) is 0 Å². The predicted molar refractivity (Wildman–Crippen MR) is 91.0 cm³/mol. The van der Waals surface area contributed by atoms with E-state index in [0.717, 1.165) is 6.54 Å². The number of imide groups is 1. The number of carbonyl (C=O) groups is 2. The van der Waals surface area contributed by atoms with Gasteiger partial charge in [0.1, 0.15) is 0 Å². The summed E-state index contributed by atoms with van der Waals surface area (Å²) in [5.74, 6) is 0.431. The minimum Gasteiger partial charge on any atom is -0.383 e. The van der Waals surface area contributed by atoms with Crippen LogP contribution in [0.15, 0.2) is 4.99 Å². The van der Waals surface area contributed by atoms with Crippen molar-refractivity contribution in [3.8, 4) is 0 Å². The number of amides is 3. The highest BCUT2D eigenvalue weighted by Gasteiger charge is 2.27. The lowest BCUT2D eigenvalue weighted by atomic mass is 10.4. The van der Waals surface area contributed by atoms with Crippen molar-refractivity contribution in [1.29, 1.82) is 0 Å². The van der Waals surface area contributed by atoms with Crippen molar-refractivity contribution in [3.63, 3.8) is 0 Å². The summed E-state index contributed by atoms with van der Waals surface area (Å²) in [6.45, 7) is 5.95. The standard InChI is InChI=1S/C12H23N5O3.HI/c1-4-13-11(16-9(2)8-20-3)14-5-6-17-10(18)7-15-12(17)19;/h9H,4-8H2,1-3H3,(H,15,19)(H2,13,14,16);1H. The van der Waals surface area contributed by atoms with Crippen LogP contribution in [0.5, 0.6) is 0 Å². The Morgan fingerprint density at radius 2 is 2.24 bits per heavy atom. The topological polar surface area (TPSA) is 95.1 Å². The summed E-state index contributed by atoms with van der Waals surface area (Å²) < 4.78 is 5.05. The zero-order chi connectivity index (χ0) is 15.0. The van der Waals surface area contributed by atoms with Gasteiger partial charge in [0, 0.05) is 19.7 Å². The third-order valence-electron chi connectivity index (χ3n) is 2.67. The van der Waals surface area contributed by atoms with Gasteiger partial charge in [-0.3, -0.25) is 14.7 Å². The van der Waals surface area contributed by atoms with E-state index in [-0.39, 0.29) is 55.0 Å². The van der Waals surface area contributed by atoms with E-state index < -0.39 is 0 Å². The Hall–Kier alpha value is -1.10. The Morgan fingerprint density at radius 3 is 2.76 bits per heavy atom. The fourth-order valence-electron chi connectivity index (χ4n) is 1.79. The number of halogens is 1. The maximum atomic E-state index is 11.4. The average molecular weight is 413 g/mol. The molecule has 122 valence electrons. The maximum absolute atomic E-state index is 11.4. The van der Waals surface area contributed by atoms with Crippen molar-refractivity contribution in [2.24, 2.45) is 4.99 Å². The molecule has 9 heteroatoms. The average Bonchev–Trinajstić information content (AvgIpc) is 2.70. The summed E-state index contributed by atoms with van der Waals surface area (Å²) >= 11 is 0.